The molecule has 2 nitrogen and oxygen atoms in total. The van der Waals surface area contributed by atoms with Crippen molar-refractivity contribution in [2.24, 2.45) is 0 Å². The van der Waals surface area contributed by atoms with Crippen LogP contribution in [0, 0.1) is 0 Å². The lowest BCUT2D eigenvalue weighted by Gasteiger charge is -2.17. The fourth-order valence-electron chi connectivity index (χ4n) is 1.07. The van der Waals surface area contributed by atoms with Crippen LogP contribution < -0.4 is 0 Å². The van der Waals surface area contributed by atoms with E-state index < -0.39 is 11.4 Å². The highest BCUT2D eigenvalue weighted by Crippen LogP contribution is 2.52. The molecule has 0 aromatic heterocycles. The third kappa shape index (κ3) is 1.17. The maximum Gasteiger partial charge on any atom is 0.218 e. The molecule has 1 heterocycles. The van der Waals surface area contributed by atoms with E-state index in [2.05, 4.69) is 0 Å². The zero-order valence-corrected chi connectivity index (χ0v) is 9.06. The van der Waals surface area contributed by atoms with Gasteiger partial charge in [0.1, 0.15) is 10.1 Å². The summed E-state index contributed by atoms with van der Waals surface area (Å²) < 4.78 is 5.05. The molecule has 0 atom stereocenters. The average Bonchev–Trinajstić information content (AvgIpc) is 2.91. The molecule has 2 rings (SSSR count). The van der Waals surface area contributed by atoms with Gasteiger partial charge in [-0.15, -0.1) is 0 Å². The van der Waals surface area contributed by atoms with Crippen LogP contribution in [0.2, 0.25) is 0 Å². The lowest BCUT2D eigenvalue weighted by molar-refractivity contribution is -0.111. The molecule has 0 saturated carbocycles. The van der Waals surface area contributed by atoms with Crippen molar-refractivity contribution in [3.63, 3.8) is 0 Å². The second-order valence-corrected chi connectivity index (χ2v) is 4.21. The second-order valence-electron chi connectivity index (χ2n) is 2.70. The molecule has 2 aliphatic rings. The Hall–Kier alpha value is 0.270. The first-order valence-corrected chi connectivity index (χ1v) is 4.82. The van der Waals surface area contributed by atoms with Crippen molar-refractivity contribution >= 4 is 52.2 Å². The fourth-order valence-corrected chi connectivity index (χ4v) is 2.24. The number of carbonyl (C=O) groups excluding carboxylic acids is 1. The molecule has 0 radical (unpaired) electrons. The van der Waals surface area contributed by atoms with Crippen LogP contribution in [0.3, 0.4) is 0 Å². The Morgan fingerprint density at radius 1 is 1.08 bits per heavy atom. The molecule has 70 valence electrons. The number of epoxide rings is 1. The Morgan fingerprint density at radius 2 is 1.46 bits per heavy atom. The second kappa shape index (κ2) is 2.88. The summed E-state index contributed by atoms with van der Waals surface area (Å²) in [7, 11) is 0. The van der Waals surface area contributed by atoms with Gasteiger partial charge in [0.25, 0.3) is 0 Å². The fraction of sp³-hybridized carbons (Fsp3) is 0.286. The van der Waals surface area contributed by atoms with Crippen LogP contribution in [0.15, 0.2) is 20.1 Å². The zero-order valence-electron chi connectivity index (χ0n) is 6.04. The van der Waals surface area contributed by atoms with E-state index in [0.29, 0.717) is 6.61 Å². The summed E-state index contributed by atoms with van der Waals surface area (Å²) in [5, 5.41) is 0.00395. The highest BCUT2D eigenvalue weighted by Gasteiger charge is 2.56. The maximum absolute atomic E-state index is 11.3. The van der Waals surface area contributed by atoms with E-state index >= 15 is 0 Å². The monoisotopic (exact) mass is 258 g/mol. The summed E-state index contributed by atoms with van der Waals surface area (Å²) >= 11 is 22.9. The van der Waals surface area contributed by atoms with Gasteiger partial charge in [-0.1, -0.05) is 46.4 Å². The van der Waals surface area contributed by atoms with Gasteiger partial charge in [-0.05, 0) is 0 Å². The predicted octanol–water partition coefficient (Wildman–Crippen LogP) is 2.72. The van der Waals surface area contributed by atoms with Crippen LogP contribution in [0.5, 0.6) is 0 Å². The largest absolute Gasteiger partial charge is 0.357 e. The highest BCUT2D eigenvalue weighted by molar-refractivity contribution is 6.61. The first kappa shape index (κ1) is 9.81. The predicted molar refractivity (Wildman–Crippen MR) is 51.2 cm³/mol. The number of hydrogen-bond acceptors (Lipinski definition) is 2. The number of Topliss-reactive ketones (excluding diaryl/α,β-unsaturated/α-hetero) is 1. The van der Waals surface area contributed by atoms with Crippen molar-refractivity contribution in [3.8, 4) is 0 Å². The van der Waals surface area contributed by atoms with Gasteiger partial charge >= 0.3 is 0 Å². The molecule has 1 aliphatic heterocycles. The maximum atomic E-state index is 11.3. The van der Waals surface area contributed by atoms with E-state index in [1.54, 1.807) is 0 Å². The van der Waals surface area contributed by atoms with Crippen molar-refractivity contribution in [2.75, 3.05) is 6.61 Å². The summed E-state index contributed by atoms with van der Waals surface area (Å²) in [6.07, 6.45) is 0. The van der Waals surface area contributed by atoms with Crippen LogP contribution in [0.4, 0.5) is 0 Å². The van der Waals surface area contributed by atoms with E-state index in [4.69, 9.17) is 51.1 Å². The first-order valence-electron chi connectivity index (χ1n) is 3.31. The number of carbonyl (C=O) groups is 1. The van der Waals surface area contributed by atoms with Gasteiger partial charge in [0, 0.05) is 0 Å². The molecule has 6 heteroatoms. The van der Waals surface area contributed by atoms with Crippen molar-refractivity contribution in [2.45, 2.75) is 5.60 Å². The van der Waals surface area contributed by atoms with Crippen LogP contribution in [-0.2, 0) is 9.53 Å². The topological polar surface area (TPSA) is 29.6 Å². The molecule has 0 amide bonds. The van der Waals surface area contributed by atoms with Crippen LogP contribution >= 0.6 is 46.4 Å². The Morgan fingerprint density at radius 3 is 1.77 bits per heavy atom. The smallest absolute Gasteiger partial charge is 0.218 e. The standard InChI is InChI=1S/C7H2Cl4O2/c8-2-4(12)3(9)6(11)7(1-13-7)5(2)10/h1H2. The summed E-state index contributed by atoms with van der Waals surface area (Å²) in [5.41, 5.74) is -0.925. The van der Waals surface area contributed by atoms with Crippen molar-refractivity contribution in [1.82, 2.24) is 0 Å². The molecule has 0 bridgehead atoms. The number of ketones is 1. The van der Waals surface area contributed by atoms with E-state index in [0.717, 1.165) is 0 Å². The molecule has 0 N–H and O–H groups in total. The number of allylic oxidation sites excluding steroid dienone is 2. The van der Waals surface area contributed by atoms with Gasteiger partial charge in [-0.3, -0.25) is 4.79 Å². The van der Waals surface area contributed by atoms with Crippen molar-refractivity contribution in [1.29, 1.82) is 0 Å². The van der Waals surface area contributed by atoms with Crippen LogP contribution in [0.25, 0.3) is 0 Å². The van der Waals surface area contributed by atoms with Gasteiger partial charge in [0.2, 0.25) is 5.78 Å². The minimum atomic E-state index is -0.925. The Labute approximate surface area is 94.0 Å². The molecule has 1 spiro atoms. The third-order valence-electron chi connectivity index (χ3n) is 1.93. The van der Waals surface area contributed by atoms with E-state index in [1.165, 1.54) is 0 Å². The Balaban J connectivity index is 2.59. The van der Waals surface area contributed by atoms with E-state index in [-0.39, 0.29) is 20.1 Å². The first-order chi connectivity index (χ1) is 6.00. The number of hydrogen-bond donors (Lipinski definition) is 0. The van der Waals surface area contributed by atoms with Gasteiger partial charge < -0.3 is 4.74 Å². The molecule has 1 saturated heterocycles. The van der Waals surface area contributed by atoms with Crippen molar-refractivity contribution in [3.05, 3.63) is 20.1 Å². The molecule has 0 aromatic rings. The third-order valence-corrected chi connectivity index (χ3v) is 3.83. The lowest BCUT2D eigenvalue weighted by Crippen LogP contribution is -2.22. The quantitative estimate of drug-likeness (QED) is 0.626. The summed E-state index contributed by atoms with van der Waals surface area (Å²) in [4.78, 5) is 11.3. The van der Waals surface area contributed by atoms with Crippen molar-refractivity contribution < 1.29 is 9.53 Å². The number of ether oxygens (including phenoxy) is 1. The minimum Gasteiger partial charge on any atom is -0.357 e. The van der Waals surface area contributed by atoms with Gasteiger partial charge in [-0.25, -0.2) is 0 Å². The zero-order chi connectivity index (χ0) is 9.80. The van der Waals surface area contributed by atoms with Crippen LogP contribution in [0.1, 0.15) is 0 Å². The molecule has 1 aliphatic carbocycles. The Kier molecular flexibility index (Phi) is 2.17. The van der Waals surface area contributed by atoms with Crippen LogP contribution in [-0.4, -0.2) is 18.0 Å². The molecule has 0 unspecified atom stereocenters. The van der Waals surface area contributed by atoms with E-state index in [1.807, 2.05) is 0 Å². The Bertz CT molecular complexity index is 335. The SMILES string of the molecule is O=C1C(Cl)=C(Cl)C2(CO2)C(Cl)=C1Cl. The minimum absolute atomic E-state index is 0.117. The molecule has 1 fully saturated rings. The van der Waals surface area contributed by atoms with Gasteiger partial charge in [-0.2, -0.15) is 0 Å². The van der Waals surface area contributed by atoms with Gasteiger partial charge in [0.15, 0.2) is 5.60 Å². The molecular weight excluding hydrogens is 258 g/mol. The average molecular weight is 260 g/mol. The summed E-state index contributed by atoms with van der Waals surface area (Å²) in [6.45, 7) is 0.310. The summed E-state index contributed by atoms with van der Waals surface area (Å²) in [5.74, 6) is -0.556. The molecular formula is C7H2Cl4O2. The molecule has 0 aromatic carbocycles. The number of rotatable bonds is 0. The lowest BCUT2D eigenvalue weighted by atomic mass is 10.0. The number of halogens is 4. The van der Waals surface area contributed by atoms with Gasteiger partial charge in [0.05, 0.1) is 16.7 Å². The highest BCUT2D eigenvalue weighted by atomic mass is 35.5. The normalized spacial score (nSPS) is 26.0. The molecule has 13 heavy (non-hydrogen) atoms. The van der Waals surface area contributed by atoms with E-state index in [9.17, 15) is 4.79 Å². The summed E-state index contributed by atoms with van der Waals surface area (Å²) in [6, 6.07) is 0.